The standard InChI is InChI=1S/C48H95N3O/c1-4-6-8-10-12-14-16-18-20-22-24-25-26-28-30-32-34-36-38-40-42-47-49-44-45-51(47)46(3)50-48(52)43-41-39-37-35-33-31-29-27-23-21-19-17-15-13-11-9-7-5-2/h45-47,49H,4-44H2,1-3H3/p+1. The van der Waals surface area contributed by atoms with E-state index in [1.165, 1.54) is 244 Å². The molecule has 308 valence electrons. The molecule has 1 aliphatic rings. The second-order valence-electron chi connectivity index (χ2n) is 17.1. The molecule has 1 aliphatic heterocycles. The zero-order valence-corrected chi connectivity index (χ0v) is 36.1. The largest absolute Gasteiger partial charge is 0.299 e. The molecule has 2 N–H and O–H groups in total. The van der Waals surface area contributed by atoms with Gasteiger partial charge in [0, 0.05) is 19.8 Å². The van der Waals surface area contributed by atoms with Crippen LogP contribution in [0.1, 0.15) is 278 Å². The maximum atomic E-state index is 12.7. The van der Waals surface area contributed by atoms with Gasteiger partial charge in [-0.1, -0.05) is 245 Å². The summed E-state index contributed by atoms with van der Waals surface area (Å²) >= 11 is 0. The van der Waals surface area contributed by atoms with Crippen molar-refractivity contribution in [2.24, 2.45) is 0 Å². The third-order valence-electron chi connectivity index (χ3n) is 11.9. The predicted molar refractivity (Wildman–Crippen MR) is 232 cm³/mol. The molecule has 0 spiro atoms. The second-order valence-corrected chi connectivity index (χ2v) is 17.1. The minimum absolute atomic E-state index is 0.0770. The summed E-state index contributed by atoms with van der Waals surface area (Å²) in [6.07, 6.45) is 58.0. The number of unbranched alkanes of at least 4 members (excludes halogenated alkanes) is 36. The predicted octanol–water partition coefficient (Wildman–Crippen LogP) is 15.1. The summed E-state index contributed by atoms with van der Waals surface area (Å²) in [6, 6.07) is 0. The van der Waals surface area contributed by atoms with E-state index in [0.29, 0.717) is 12.6 Å². The first-order valence-corrected chi connectivity index (χ1v) is 24.3. The molecular formula is C48H96N3O+. The topological polar surface area (TPSA) is 44.1 Å². The highest BCUT2D eigenvalue weighted by Crippen LogP contribution is 2.17. The van der Waals surface area contributed by atoms with Gasteiger partial charge in [0.05, 0.1) is 6.54 Å². The lowest BCUT2D eigenvalue weighted by Gasteiger charge is -2.17. The molecule has 1 amide bonds. The van der Waals surface area contributed by atoms with Crippen LogP contribution in [-0.4, -0.2) is 35.6 Å². The minimum atomic E-state index is 0.0770. The van der Waals surface area contributed by atoms with Gasteiger partial charge in [-0.15, -0.1) is 0 Å². The Labute approximate surface area is 327 Å². The fraction of sp³-hybridized carbons (Fsp3) is 0.958. The van der Waals surface area contributed by atoms with Crippen molar-refractivity contribution < 1.29 is 9.37 Å². The molecule has 0 fully saturated rings. The van der Waals surface area contributed by atoms with Crippen LogP contribution in [0, 0.1) is 0 Å². The second kappa shape index (κ2) is 39.8. The van der Waals surface area contributed by atoms with Crippen LogP contribution in [0.4, 0.5) is 0 Å². The van der Waals surface area contributed by atoms with Gasteiger partial charge in [0.25, 0.3) is 0 Å². The average Bonchev–Trinajstić information content (AvgIpc) is 3.62. The van der Waals surface area contributed by atoms with Gasteiger partial charge in [-0.25, -0.2) is 9.89 Å². The third kappa shape index (κ3) is 32.5. The maximum Gasteiger partial charge on any atom is 0.226 e. The van der Waals surface area contributed by atoms with Crippen molar-refractivity contribution >= 4 is 12.1 Å². The first-order chi connectivity index (χ1) is 25.7. The maximum absolute atomic E-state index is 12.7. The van der Waals surface area contributed by atoms with Gasteiger partial charge < -0.3 is 0 Å². The molecule has 0 saturated heterocycles. The summed E-state index contributed by atoms with van der Waals surface area (Å²) in [5.41, 5.74) is 0. The number of hydrogen-bond acceptors (Lipinski definition) is 2. The third-order valence-corrected chi connectivity index (χ3v) is 11.9. The van der Waals surface area contributed by atoms with Crippen molar-refractivity contribution in [3.8, 4) is 0 Å². The number of hydrogen-bond donors (Lipinski definition) is 2. The van der Waals surface area contributed by atoms with E-state index in [-0.39, 0.29) is 12.1 Å². The first kappa shape index (κ1) is 49.1. The Kier molecular flexibility index (Phi) is 37.6. The van der Waals surface area contributed by atoms with E-state index in [0.717, 1.165) is 13.0 Å². The molecule has 0 aromatic heterocycles. The first-order valence-electron chi connectivity index (χ1n) is 24.3. The zero-order chi connectivity index (χ0) is 37.4. The van der Waals surface area contributed by atoms with E-state index < -0.39 is 0 Å². The van der Waals surface area contributed by atoms with Gasteiger partial charge in [-0.3, -0.25) is 10.1 Å². The van der Waals surface area contributed by atoms with Crippen molar-refractivity contribution in [3.05, 3.63) is 0 Å². The van der Waals surface area contributed by atoms with Gasteiger partial charge in [0.15, 0.2) is 6.21 Å². The molecular weight excluding hydrogens is 635 g/mol. The van der Waals surface area contributed by atoms with Crippen LogP contribution in [-0.2, 0) is 4.79 Å². The van der Waals surface area contributed by atoms with Crippen LogP contribution < -0.4 is 10.6 Å². The number of carbonyl (C=O) groups excluding carboxylic acids is 1. The number of carbonyl (C=O) groups is 1. The van der Waals surface area contributed by atoms with E-state index in [9.17, 15) is 4.79 Å². The monoisotopic (exact) mass is 731 g/mol. The van der Waals surface area contributed by atoms with Crippen molar-refractivity contribution in [1.29, 1.82) is 0 Å². The quantitative estimate of drug-likeness (QED) is 0.0485. The average molecular weight is 731 g/mol. The Morgan fingerprint density at radius 3 is 1.12 bits per heavy atom. The molecule has 1 heterocycles. The Balaban J connectivity index is 1.86. The summed E-state index contributed by atoms with van der Waals surface area (Å²) in [7, 11) is 0. The highest BCUT2D eigenvalue weighted by molar-refractivity contribution is 5.76. The van der Waals surface area contributed by atoms with E-state index >= 15 is 0 Å². The zero-order valence-electron chi connectivity index (χ0n) is 36.1. The summed E-state index contributed by atoms with van der Waals surface area (Å²) in [5.74, 6) is 0.224. The number of rotatable bonds is 42. The van der Waals surface area contributed by atoms with Gasteiger partial charge in [-0.2, -0.15) is 0 Å². The molecule has 0 aromatic rings. The molecule has 2 atom stereocenters. The fourth-order valence-corrected chi connectivity index (χ4v) is 8.37. The summed E-state index contributed by atoms with van der Waals surface area (Å²) in [4.78, 5) is 12.7. The van der Waals surface area contributed by atoms with Crippen molar-refractivity contribution in [1.82, 2.24) is 10.6 Å². The number of nitrogens with one attached hydrogen (secondary N) is 2. The molecule has 0 aliphatic carbocycles. The molecule has 4 heteroatoms. The number of amides is 1. The molecule has 0 radical (unpaired) electrons. The van der Waals surface area contributed by atoms with Crippen LogP contribution in [0.2, 0.25) is 0 Å². The SMILES string of the molecule is CCCCCCCCCCCCCCCCCCCCCCC1NCC=[N+]1C(C)NC(=O)CCCCCCCCCCCCCCCCCCCC. The fourth-order valence-electron chi connectivity index (χ4n) is 8.37. The van der Waals surface area contributed by atoms with Crippen LogP contribution in [0.5, 0.6) is 0 Å². The Hall–Kier alpha value is -0.900. The molecule has 2 unspecified atom stereocenters. The lowest BCUT2D eigenvalue weighted by molar-refractivity contribution is -0.595. The molecule has 0 bridgehead atoms. The molecule has 4 nitrogen and oxygen atoms in total. The van der Waals surface area contributed by atoms with Crippen LogP contribution >= 0.6 is 0 Å². The normalized spacial score (nSPS) is 15.0. The Morgan fingerprint density at radius 2 is 0.788 bits per heavy atom. The highest BCUT2D eigenvalue weighted by atomic mass is 16.1. The summed E-state index contributed by atoms with van der Waals surface area (Å²) < 4.78 is 2.36. The summed E-state index contributed by atoms with van der Waals surface area (Å²) in [6.45, 7) is 7.68. The van der Waals surface area contributed by atoms with E-state index in [1.54, 1.807) is 0 Å². The van der Waals surface area contributed by atoms with Gasteiger partial charge >= 0.3 is 0 Å². The molecule has 1 rings (SSSR count). The van der Waals surface area contributed by atoms with E-state index in [1.807, 2.05) is 0 Å². The van der Waals surface area contributed by atoms with Crippen LogP contribution in [0.25, 0.3) is 0 Å². The van der Waals surface area contributed by atoms with Gasteiger partial charge in [0.1, 0.15) is 0 Å². The molecule has 0 aromatic carbocycles. The van der Waals surface area contributed by atoms with Crippen LogP contribution in [0.15, 0.2) is 0 Å². The van der Waals surface area contributed by atoms with Crippen LogP contribution in [0.3, 0.4) is 0 Å². The minimum Gasteiger partial charge on any atom is -0.299 e. The van der Waals surface area contributed by atoms with E-state index in [4.69, 9.17) is 0 Å². The van der Waals surface area contributed by atoms with Crippen molar-refractivity contribution in [2.45, 2.75) is 290 Å². The summed E-state index contributed by atoms with van der Waals surface area (Å²) in [5, 5.41) is 6.93. The van der Waals surface area contributed by atoms with Crippen molar-refractivity contribution in [3.63, 3.8) is 0 Å². The van der Waals surface area contributed by atoms with Crippen molar-refractivity contribution in [2.75, 3.05) is 6.54 Å². The highest BCUT2D eigenvalue weighted by Gasteiger charge is 2.30. The number of nitrogens with zero attached hydrogens (tertiary/aromatic N) is 1. The lowest BCUT2D eigenvalue weighted by Crippen LogP contribution is -2.46. The van der Waals surface area contributed by atoms with Gasteiger partial charge in [-0.05, 0) is 12.8 Å². The Morgan fingerprint density at radius 1 is 0.500 bits per heavy atom. The van der Waals surface area contributed by atoms with E-state index in [2.05, 4.69) is 42.2 Å². The smallest absolute Gasteiger partial charge is 0.226 e. The molecule has 0 saturated carbocycles. The molecule has 52 heavy (non-hydrogen) atoms. The lowest BCUT2D eigenvalue weighted by atomic mass is 10.0. The Bertz CT molecular complexity index is 767. The van der Waals surface area contributed by atoms with Gasteiger partial charge in [0.2, 0.25) is 18.2 Å².